The molecule has 0 saturated carbocycles. The first kappa shape index (κ1) is 26.9. The molecule has 254 valence electrons. The van der Waals surface area contributed by atoms with Gasteiger partial charge in [-0.2, -0.15) is 18.2 Å². The summed E-state index contributed by atoms with van der Waals surface area (Å²) >= 11 is 0.916. The molecule has 1 atom stereocenters. The molecule has 3 aromatic carbocycles. The number of halogens is 4. The van der Waals surface area contributed by atoms with Crippen molar-refractivity contribution in [3.05, 3.63) is 117 Å². The Labute approximate surface area is 292 Å². The lowest BCUT2D eigenvalue weighted by atomic mass is 10.0. The van der Waals surface area contributed by atoms with Crippen molar-refractivity contribution < 1.29 is 32.0 Å². The van der Waals surface area contributed by atoms with Crippen LogP contribution in [0.15, 0.2) is 82.7 Å². The van der Waals surface area contributed by atoms with E-state index in [-0.39, 0.29) is 29.6 Å². The summed E-state index contributed by atoms with van der Waals surface area (Å²) in [7, 11) is 0. The number of fused-ring (bicyclic) bond motifs is 1. The van der Waals surface area contributed by atoms with E-state index in [9.17, 15) is 29.9 Å². The highest BCUT2D eigenvalue weighted by molar-refractivity contribution is 7.98. The molecule has 0 radical (unpaired) electrons. The number of alkyl halides is 3. The molecular weight excluding hydrogens is 640 g/mol. The number of thioether (sulfide) groups is 1. The van der Waals surface area contributed by atoms with E-state index in [1.165, 1.54) is 60.7 Å². The molecule has 4 aromatic rings. The zero-order chi connectivity index (χ0) is 40.7. The van der Waals surface area contributed by atoms with Crippen LogP contribution in [-0.4, -0.2) is 51.4 Å². The van der Waals surface area contributed by atoms with Gasteiger partial charge in [0, 0.05) is 43.5 Å². The first-order valence-corrected chi connectivity index (χ1v) is 16.4. The molecule has 6 nitrogen and oxygen atoms in total. The summed E-state index contributed by atoms with van der Waals surface area (Å²) in [5.74, 6) is -3.79. The molecule has 0 saturated heterocycles. The lowest BCUT2D eigenvalue weighted by molar-refractivity contribution is -0.137. The monoisotopic (exact) mass is 687 g/mol. The molecule has 1 unspecified atom stereocenters. The summed E-state index contributed by atoms with van der Waals surface area (Å²) in [5, 5.41) is -0.177. The summed E-state index contributed by atoms with van der Waals surface area (Å²) in [6.45, 7) is 2.80. The maximum Gasteiger partial charge on any atom is 0.416 e. The van der Waals surface area contributed by atoms with Crippen LogP contribution in [0.2, 0.25) is 0 Å². The molecule has 1 heterocycles. The quantitative estimate of drug-likeness (QED) is 0.0830. The van der Waals surface area contributed by atoms with Crippen LogP contribution in [0.3, 0.4) is 0 Å². The van der Waals surface area contributed by atoms with Crippen molar-refractivity contribution in [2.45, 2.75) is 63.6 Å². The summed E-state index contributed by atoms with van der Waals surface area (Å²) < 4.78 is 117. The van der Waals surface area contributed by atoms with Crippen molar-refractivity contribution in [3.63, 3.8) is 0 Å². The van der Waals surface area contributed by atoms with Gasteiger partial charge in [0.15, 0.2) is 5.16 Å². The predicted octanol–water partition coefficient (Wildman–Crippen LogP) is 7.47. The van der Waals surface area contributed by atoms with E-state index in [1.807, 2.05) is 18.7 Å². The van der Waals surface area contributed by atoms with Gasteiger partial charge in [-0.15, -0.1) is 0 Å². The highest BCUT2D eigenvalue weighted by atomic mass is 32.2. The zero-order valence-corrected chi connectivity index (χ0v) is 27.5. The van der Waals surface area contributed by atoms with Crippen LogP contribution in [0, 0.1) is 11.7 Å². The van der Waals surface area contributed by atoms with E-state index in [0.717, 1.165) is 40.3 Å². The minimum absolute atomic E-state index is 0.0376. The van der Waals surface area contributed by atoms with Crippen LogP contribution in [0.25, 0.3) is 11.1 Å². The van der Waals surface area contributed by atoms with Gasteiger partial charge in [0.2, 0.25) is 5.91 Å². The Morgan fingerprint density at radius 3 is 2.19 bits per heavy atom. The number of rotatable bonds is 13. The second-order valence-corrected chi connectivity index (χ2v) is 12.1. The molecule has 0 aliphatic heterocycles. The minimum Gasteiger partial charge on any atom is -0.336 e. The van der Waals surface area contributed by atoms with Gasteiger partial charge in [-0.1, -0.05) is 81.1 Å². The van der Waals surface area contributed by atoms with E-state index in [1.54, 1.807) is 0 Å². The second-order valence-electron chi connectivity index (χ2n) is 11.1. The van der Waals surface area contributed by atoms with Gasteiger partial charge in [0.25, 0.3) is 5.56 Å². The summed E-state index contributed by atoms with van der Waals surface area (Å²) in [6, 6.07) is 15.8. The number of likely N-dealkylation sites (N-methyl/N-ethyl adjacent to an activating group) is 1. The number of hydrogen-bond donors (Lipinski definition) is 0. The first-order valence-electron chi connectivity index (χ1n) is 18.9. The van der Waals surface area contributed by atoms with Gasteiger partial charge in [0.1, 0.15) is 12.4 Å². The third-order valence-corrected chi connectivity index (χ3v) is 8.92. The van der Waals surface area contributed by atoms with Crippen molar-refractivity contribution in [2.24, 2.45) is 5.89 Å². The number of carbonyl (C=O) groups is 1. The number of nitrogens with zero attached hydrogens (tertiary/aromatic N) is 4. The third kappa shape index (κ3) is 8.73. The Bertz CT molecular complexity index is 2080. The van der Waals surface area contributed by atoms with Crippen molar-refractivity contribution >= 4 is 17.7 Å². The van der Waals surface area contributed by atoms with Crippen LogP contribution in [-0.2, 0) is 42.5 Å². The number of benzene rings is 3. The summed E-state index contributed by atoms with van der Waals surface area (Å²) in [6.07, 6.45) is -10.2. The van der Waals surface area contributed by atoms with Crippen molar-refractivity contribution in [2.75, 3.05) is 26.2 Å². The smallest absolute Gasteiger partial charge is 0.336 e. The van der Waals surface area contributed by atoms with Crippen LogP contribution in [0.4, 0.5) is 17.6 Å². The molecule has 0 spiro atoms. The Morgan fingerprint density at radius 2 is 1.58 bits per heavy atom. The van der Waals surface area contributed by atoms with E-state index < -0.39 is 72.0 Å². The topological polar surface area (TPSA) is 58.4 Å². The van der Waals surface area contributed by atoms with E-state index in [0.29, 0.717) is 29.8 Å². The van der Waals surface area contributed by atoms with Gasteiger partial charge in [-0.25, -0.2) is 4.39 Å². The average molecular weight is 688 g/mol. The predicted molar refractivity (Wildman–Crippen MR) is 181 cm³/mol. The van der Waals surface area contributed by atoms with Crippen molar-refractivity contribution in [3.8, 4) is 11.1 Å². The Morgan fingerprint density at radius 1 is 0.979 bits per heavy atom. The SMILES string of the molecule is [2H]C([2H])(c1ccc(-c2ccc(C(F)(F)F)cc2)cc1)N(CCN(CC)CC)C(=O)Cn1c(SCc2ccc(F)cc2)nc(=O)c2c1C([2H])([2H])C([2H])(C)C2([2H])[2H]. The van der Waals surface area contributed by atoms with E-state index >= 15 is 0 Å². The van der Waals surface area contributed by atoms with Crippen molar-refractivity contribution in [1.29, 1.82) is 0 Å². The fourth-order valence-electron chi connectivity index (χ4n) is 5.15. The molecule has 1 amide bonds. The molecule has 0 N–H and O–H groups in total. The largest absolute Gasteiger partial charge is 0.416 e. The fourth-order valence-corrected chi connectivity index (χ4v) is 6.10. The highest BCUT2D eigenvalue weighted by Crippen LogP contribution is 2.32. The van der Waals surface area contributed by atoms with Crippen LogP contribution < -0.4 is 5.56 Å². The van der Waals surface area contributed by atoms with Crippen LogP contribution in [0.1, 0.15) is 58.3 Å². The molecule has 0 fully saturated rings. The molecule has 48 heavy (non-hydrogen) atoms. The first-order chi connectivity index (χ1) is 25.6. The average Bonchev–Trinajstić information content (AvgIpc) is 3.24. The third-order valence-electron chi connectivity index (χ3n) is 7.87. The number of aromatic nitrogens is 2. The van der Waals surface area contributed by atoms with E-state index in [2.05, 4.69) is 4.98 Å². The number of amides is 1. The molecule has 0 bridgehead atoms. The molecule has 1 aliphatic carbocycles. The highest BCUT2D eigenvalue weighted by Gasteiger charge is 2.30. The molecule has 5 rings (SSSR count). The van der Waals surface area contributed by atoms with Crippen LogP contribution >= 0.6 is 11.8 Å². The maximum atomic E-state index is 14.5. The van der Waals surface area contributed by atoms with Gasteiger partial charge in [-0.3, -0.25) is 9.59 Å². The Balaban J connectivity index is 1.57. The second kappa shape index (κ2) is 15.5. The normalized spacial score (nSPS) is 20.5. The van der Waals surface area contributed by atoms with E-state index in [4.69, 9.17) is 6.85 Å². The lowest BCUT2D eigenvalue weighted by Gasteiger charge is -2.28. The molecule has 1 aromatic heterocycles. The molecule has 1 aliphatic rings. The van der Waals surface area contributed by atoms with Gasteiger partial charge in [0.05, 0.1) is 8.30 Å². The van der Waals surface area contributed by atoms with Crippen molar-refractivity contribution in [1.82, 2.24) is 19.4 Å². The fraction of sp³-hybridized carbons (Fsp3) is 0.378. The summed E-state index contributed by atoms with van der Waals surface area (Å²) in [5.41, 5.74) is -1.58. The van der Waals surface area contributed by atoms with Gasteiger partial charge in [-0.05, 0) is 78.2 Å². The standard InChI is InChI=1S/C37H40F4N4O2S/c1-4-43(5-2)18-19-44(22-26-6-10-28(11-7-26)29-12-14-30(15-13-29)37(39,40)41)34(46)23-45-33-21-25(3)20-32(33)35(47)42-36(45)48-24-27-8-16-31(38)17-9-27/h6-17,25H,4-5,18-24H2,1-3H3/i20D2,21D2,22D2,25D. The molecule has 11 heteroatoms. The Hall–Kier alpha value is -3.96. The minimum atomic E-state index is -4.51. The lowest BCUT2D eigenvalue weighted by Crippen LogP contribution is -2.40. The van der Waals surface area contributed by atoms with Gasteiger partial charge >= 0.3 is 6.18 Å². The van der Waals surface area contributed by atoms with Gasteiger partial charge < -0.3 is 14.4 Å². The summed E-state index contributed by atoms with van der Waals surface area (Å²) in [4.78, 5) is 35.0. The Kier molecular flexibility index (Phi) is 8.70. The number of hydrogen-bond acceptors (Lipinski definition) is 5. The zero-order valence-electron chi connectivity index (χ0n) is 33.7. The van der Waals surface area contributed by atoms with Crippen LogP contribution in [0.5, 0.6) is 0 Å². The maximum absolute atomic E-state index is 14.5. The number of carbonyl (C=O) groups excluding carboxylic acids is 1. The molecular formula is C37H40F4N4O2S.